The second-order valence-electron chi connectivity index (χ2n) is 5.58. The molecule has 1 aliphatic carbocycles. The van der Waals surface area contributed by atoms with Crippen LogP contribution < -0.4 is 4.72 Å². The van der Waals surface area contributed by atoms with Crippen LogP contribution in [-0.4, -0.2) is 31.9 Å². The fraction of sp³-hybridized carbons (Fsp3) is 0.643. The van der Waals surface area contributed by atoms with Crippen molar-refractivity contribution in [1.82, 2.24) is 9.71 Å². The smallest absolute Gasteiger partial charge is 0.215 e. The minimum absolute atomic E-state index is 0.182. The first-order valence-corrected chi connectivity index (χ1v) is 8.70. The Bertz CT molecular complexity index is 537. The van der Waals surface area contributed by atoms with Crippen LogP contribution in [0.25, 0.3) is 0 Å². The van der Waals surface area contributed by atoms with E-state index in [2.05, 4.69) is 9.71 Å². The Morgan fingerprint density at radius 1 is 1.25 bits per heavy atom. The topological polar surface area (TPSA) is 68.3 Å². The number of nitrogens with zero attached hydrogens (tertiary/aromatic N) is 1. The fourth-order valence-electron chi connectivity index (χ4n) is 2.70. The molecule has 3 rings (SSSR count). The van der Waals surface area contributed by atoms with E-state index in [1.54, 1.807) is 12.4 Å². The van der Waals surface area contributed by atoms with Crippen molar-refractivity contribution < 1.29 is 13.2 Å². The summed E-state index contributed by atoms with van der Waals surface area (Å²) in [5.41, 5.74) is 0.948. The lowest BCUT2D eigenvalue weighted by Gasteiger charge is -2.31. The van der Waals surface area contributed by atoms with Crippen molar-refractivity contribution in [1.29, 1.82) is 0 Å². The van der Waals surface area contributed by atoms with Gasteiger partial charge < -0.3 is 4.74 Å². The Morgan fingerprint density at radius 3 is 2.60 bits per heavy atom. The van der Waals surface area contributed by atoms with Crippen LogP contribution in [0.1, 0.15) is 37.3 Å². The standard InChI is InChI=1S/C14H20N2O3S/c17-20(18,13-3-4-13)16-14(11-5-8-19-9-6-11)12-2-1-7-15-10-12/h1-2,7,10-11,13-14,16H,3-6,8-9H2. The molecule has 1 saturated carbocycles. The van der Waals surface area contributed by atoms with Crippen LogP contribution in [-0.2, 0) is 14.8 Å². The highest BCUT2D eigenvalue weighted by Crippen LogP contribution is 2.34. The van der Waals surface area contributed by atoms with E-state index in [9.17, 15) is 8.42 Å². The SMILES string of the molecule is O=S(=O)(NC(c1cccnc1)C1CCOCC1)C1CC1. The summed E-state index contributed by atoms with van der Waals surface area (Å²) in [6.07, 6.45) is 6.79. The maximum atomic E-state index is 12.3. The van der Waals surface area contributed by atoms with Gasteiger partial charge >= 0.3 is 0 Å². The molecule has 0 radical (unpaired) electrons. The molecule has 1 saturated heterocycles. The number of nitrogens with one attached hydrogen (secondary N) is 1. The van der Waals surface area contributed by atoms with Crippen molar-refractivity contribution in [2.24, 2.45) is 5.92 Å². The zero-order valence-corrected chi connectivity index (χ0v) is 12.2. The number of aromatic nitrogens is 1. The summed E-state index contributed by atoms with van der Waals surface area (Å²) in [4.78, 5) is 4.12. The van der Waals surface area contributed by atoms with Crippen LogP contribution in [0.3, 0.4) is 0 Å². The molecular formula is C14H20N2O3S. The van der Waals surface area contributed by atoms with E-state index in [1.165, 1.54) is 0 Å². The molecule has 1 aromatic heterocycles. The normalized spacial score (nSPS) is 22.6. The predicted molar refractivity (Wildman–Crippen MR) is 75.6 cm³/mol. The summed E-state index contributed by atoms with van der Waals surface area (Å²) >= 11 is 0. The molecule has 6 heteroatoms. The third-order valence-electron chi connectivity index (χ3n) is 4.04. The number of hydrogen-bond acceptors (Lipinski definition) is 4. The van der Waals surface area contributed by atoms with Crippen LogP contribution in [0.5, 0.6) is 0 Å². The molecule has 20 heavy (non-hydrogen) atoms. The van der Waals surface area contributed by atoms with E-state index in [4.69, 9.17) is 4.74 Å². The van der Waals surface area contributed by atoms with Crippen molar-refractivity contribution in [3.05, 3.63) is 30.1 Å². The molecule has 1 atom stereocenters. The fourth-order valence-corrected chi connectivity index (χ4v) is 4.33. The average Bonchev–Trinajstić information content (AvgIpc) is 3.32. The van der Waals surface area contributed by atoms with E-state index in [-0.39, 0.29) is 17.2 Å². The second-order valence-corrected chi connectivity index (χ2v) is 7.57. The van der Waals surface area contributed by atoms with Gasteiger partial charge in [-0.25, -0.2) is 13.1 Å². The Balaban J connectivity index is 1.83. The van der Waals surface area contributed by atoms with Gasteiger partial charge in [-0.1, -0.05) is 6.07 Å². The number of ether oxygens (including phenoxy) is 1. The molecule has 5 nitrogen and oxygen atoms in total. The number of rotatable bonds is 5. The first-order valence-electron chi connectivity index (χ1n) is 7.15. The summed E-state index contributed by atoms with van der Waals surface area (Å²) in [6.45, 7) is 1.40. The molecule has 2 heterocycles. The Morgan fingerprint density at radius 2 is 2.00 bits per heavy atom. The van der Waals surface area contributed by atoms with Gasteiger partial charge in [0.15, 0.2) is 0 Å². The lowest BCUT2D eigenvalue weighted by molar-refractivity contribution is 0.0564. The molecule has 1 N–H and O–H groups in total. The molecular weight excluding hydrogens is 276 g/mol. The van der Waals surface area contributed by atoms with Crippen molar-refractivity contribution >= 4 is 10.0 Å². The van der Waals surface area contributed by atoms with Gasteiger partial charge in [-0.2, -0.15) is 0 Å². The molecule has 0 bridgehead atoms. The van der Waals surface area contributed by atoms with Crippen LogP contribution in [0.2, 0.25) is 0 Å². The number of hydrogen-bond donors (Lipinski definition) is 1. The van der Waals surface area contributed by atoms with E-state index in [1.807, 2.05) is 12.1 Å². The van der Waals surface area contributed by atoms with Gasteiger partial charge in [0.1, 0.15) is 0 Å². The quantitative estimate of drug-likeness (QED) is 0.896. The van der Waals surface area contributed by atoms with Gasteiger partial charge in [-0.15, -0.1) is 0 Å². The van der Waals surface area contributed by atoms with Gasteiger partial charge in [0.2, 0.25) is 10.0 Å². The summed E-state index contributed by atoms with van der Waals surface area (Å²) in [7, 11) is -3.20. The predicted octanol–water partition coefficient (Wildman–Crippen LogP) is 1.63. The van der Waals surface area contributed by atoms with Gasteiger partial charge in [0.25, 0.3) is 0 Å². The van der Waals surface area contributed by atoms with Crippen LogP contribution in [0.4, 0.5) is 0 Å². The lowest BCUT2D eigenvalue weighted by atomic mass is 9.88. The molecule has 1 aromatic rings. The highest BCUT2D eigenvalue weighted by atomic mass is 32.2. The van der Waals surface area contributed by atoms with Gasteiger partial charge in [0.05, 0.1) is 11.3 Å². The van der Waals surface area contributed by atoms with Crippen molar-refractivity contribution in [3.8, 4) is 0 Å². The van der Waals surface area contributed by atoms with Crippen molar-refractivity contribution in [3.63, 3.8) is 0 Å². The summed E-state index contributed by atoms with van der Waals surface area (Å²) in [5, 5.41) is -0.193. The molecule has 110 valence electrons. The highest BCUT2D eigenvalue weighted by molar-refractivity contribution is 7.90. The van der Waals surface area contributed by atoms with Crippen molar-refractivity contribution in [2.75, 3.05) is 13.2 Å². The molecule has 1 aliphatic heterocycles. The van der Waals surface area contributed by atoms with Crippen LogP contribution >= 0.6 is 0 Å². The monoisotopic (exact) mass is 296 g/mol. The zero-order valence-electron chi connectivity index (χ0n) is 11.4. The molecule has 0 amide bonds. The summed E-state index contributed by atoms with van der Waals surface area (Å²) < 4.78 is 32.8. The Labute approximate surface area is 119 Å². The zero-order chi connectivity index (χ0) is 14.0. The number of sulfonamides is 1. The third-order valence-corrected chi connectivity index (χ3v) is 5.97. The van der Waals surface area contributed by atoms with Crippen LogP contribution in [0.15, 0.2) is 24.5 Å². The summed E-state index contributed by atoms with van der Waals surface area (Å²) in [6, 6.07) is 3.62. The molecule has 0 aromatic carbocycles. The largest absolute Gasteiger partial charge is 0.381 e. The lowest BCUT2D eigenvalue weighted by Crippen LogP contribution is -2.37. The maximum absolute atomic E-state index is 12.3. The summed E-state index contributed by atoms with van der Waals surface area (Å²) in [5.74, 6) is 0.279. The Hall–Kier alpha value is -0.980. The second kappa shape index (κ2) is 5.79. The highest BCUT2D eigenvalue weighted by Gasteiger charge is 2.39. The van der Waals surface area contributed by atoms with Crippen molar-refractivity contribution in [2.45, 2.75) is 37.0 Å². The minimum Gasteiger partial charge on any atom is -0.381 e. The number of pyridine rings is 1. The molecule has 0 spiro atoms. The van der Waals surface area contributed by atoms with Gasteiger partial charge in [-0.05, 0) is 43.2 Å². The first kappa shape index (κ1) is 14.0. The molecule has 1 unspecified atom stereocenters. The Kier molecular flexibility index (Phi) is 4.05. The van der Waals surface area contributed by atoms with Gasteiger partial charge in [-0.3, -0.25) is 4.98 Å². The van der Waals surface area contributed by atoms with Crippen LogP contribution in [0, 0.1) is 5.92 Å². The molecule has 2 aliphatic rings. The van der Waals surface area contributed by atoms with E-state index in [0.29, 0.717) is 13.2 Å². The maximum Gasteiger partial charge on any atom is 0.215 e. The first-order chi connectivity index (χ1) is 9.67. The third kappa shape index (κ3) is 3.19. The minimum atomic E-state index is -3.20. The van der Waals surface area contributed by atoms with E-state index >= 15 is 0 Å². The molecule has 2 fully saturated rings. The van der Waals surface area contributed by atoms with Gasteiger partial charge in [0, 0.05) is 25.6 Å². The van der Waals surface area contributed by atoms with E-state index in [0.717, 1.165) is 31.2 Å². The average molecular weight is 296 g/mol. The van der Waals surface area contributed by atoms with E-state index < -0.39 is 10.0 Å².